The van der Waals surface area contributed by atoms with E-state index in [4.69, 9.17) is 5.11 Å². The van der Waals surface area contributed by atoms with Gasteiger partial charge in [-0.2, -0.15) is 0 Å². The summed E-state index contributed by atoms with van der Waals surface area (Å²) >= 11 is 0. The molecule has 3 N–H and O–H groups in total. The summed E-state index contributed by atoms with van der Waals surface area (Å²) in [4.78, 5) is 31.9. The van der Waals surface area contributed by atoms with Crippen LogP contribution in [0.3, 0.4) is 0 Å². The van der Waals surface area contributed by atoms with E-state index >= 15 is 0 Å². The molecule has 1 aromatic carbocycles. The molecule has 0 fully saturated rings. The Labute approximate surface area is 108 Å². The second kappa shape index (κ2) is 6.34. The molecule has 1 amide bonds. The van der Waals surface area contributed by atoms with E-state index in [9.17, 15) is 19.7 Å². The van der Waals surface area contributed by atoms with Crippen LogP contribution < -0.4 is 10.6 Å². The van der Waals surface area contributed by atoms with Gasteiger partial charge in [-0.15, -0.1) is 0 Å². The third-order valence-corrected chi connectivity index (χ3v) is 2.39. The van der Waals surface area contributed by atoms with Crippen molar-refractivity contribution in [3.63, 3.8) is 0 Å². The van der Waals surface area contributed by atoms with Crippen LogP contribution in [0.4, 0.5) is 11.4 Å². The molecule has 102 valence electrons. The Kier molecular flexibility index (Phi) is 4.81. The van der Waals surface area contributed by atoms with E-state index in [-0.39, 0.29) is 35.8 Å². The fourth-order valence-electron chi connectivity index (χ4n) is 1.41. The van der Waals surface area contributed by atoms with Crippen LogP contribution in [0.25, 0.3) is 0 Å². The first-order valence-electron chi connectivity index (χ1n) is 5.42. The smallest absolute Gasteiger partial charge is 0.338 e. The molecule has 0 bridgehead atoms. The maximum atomic E-state index is 11.0. The number of aromatic carboxylic acids is 1. The number of amides is 1. The molecule has 0 aliphatic rings. The summed E-state index contributed by atoms with van der Waals surface area (Å²) in [7, 11) is 1.50. The number of carbonyl (C=O) groups is 2. The minimum Gasteiger partial charge on any atom is -0.478 e. The van der Waals surface area contributed by atoms with Crippen molar-refractivity contribution in [2.24, 2.45) is 0 Å². The highest BCUT2D eigenvalue weighted by atomic mass is 16.6. The molecule has 1 rings (SSSR count). The molecular formula is C11H13N3O5. The lowest BCUT2D eigenvalue weighted by molar-refractivity contribution is -0.384. The zero-order chi connectivity index (χ0) is 14.4. The maximum Gasteiger partial charge on any atom is 0.338 e. The lowest BCUT2D eigenvalue weighted by Gasteiger charge is -2.08. The minimum absolute atomic E-state index is 0.173. The molecule has 8 nitrogen and oxygen atoms in total. The van der Waals surface area contributed by atoms with Crippen molar-refractivity contribution in [3.05, 3.63) is 33.9 Å². The monoisotopic (exact) mass is 267 g/mol. The molecule has 0 spiro atoms. The minimum atomic E-state index is -1.27. The van der Waals surface area contributed by atoms with Crippen LogP contribution in [0.1, 0.15) is 16.8 Å². The molecule has 0 saturated carbocycles. The number of anilines is 1. The molecule has 0 heterocycles. The van der Waals surface area contributed by atoms with E-state index < -0.39 is 10.9 Å². The Morgan fingerprint density at radius 3 is 2.63 bits per heavy atom. The van der Waals surface area contributed by atoms with Gasteiger partial charge in [0.05, 0.1) is 10.5 Å². The second-order valence-electron chi connectivity index (χ2n) is 3.64. The van der Waals surface area contributed by atoms with Crippen molar-refractivity contribution >= 4 is 23.3 Å². The zero-order valence-corrected chi connectivity index (χ0v) is 10.2. The van der Waals surface area contributed by atoms with Crippen LogP contribution in [-0.2, 0) is 4.79 Å². The summed E-state index contributed by atoms with van der Waals surface area (Å²) in [5.74, 6) is -1.46. The number of carboxylic acids is 1. The molecule has 8 heteroatoms. The van der Waals surface area contributed by atoms with Crippen LogP contribution in [0.5, 0.6) is 0 Å². The normalized spacial score (nSPS) is 9.74. The average molecular weight is 267 g/mol. The Morgan fingerprint density at radius 1 is 1.42 bits per heavy atom. The first-order chi connectivity index (χ1) is 8.95. The molecule has 0 aliphatic carbocycles. The predicted molar refractivity (Wildman–Crippen MR) is 67.2 cm³/mol. The van der Waals surface area contributed by atoms with Gasteiger partial charge in [0.15, 0.2) is 0 Å². The molecule has 0 atom stereocenters. The number of nitrogens with zero attached hydrogens (tertiary/aromatic N) is 1. The summed E-state index contributed by atoms with van der Waals surface area (Å²) in [6.45, 7) is 0.234. The Balaban J connectivity index is 2.85. The lowest BCUT2D eigenvalue weighted by atomic mass is 10.1. The number of non-ortho nitro benzene ring substituents is 1. The summed E-state index contributed by atoms with van der Waals surface area (Å²) in [6, 6.07) is 3.49. The number of nitro benzene ring substituents is 1. The van der Waals surface area contributed by atoms with Crippen molar-refractivity contribution in [1.29, 1.82) is 0 Å². The fraction of sp³-hybridized carbons (Fsp3) is 0.273. The van der Waals surface area contributed by atoms with Crippen molar-refractivity contribution in [1.82, 2.24) is 5.32 Å². The highest BCUT2D eigenvalue weighted by Crippen LogP contribution is 2.22. The first-order valence-corrected chi connectivity index (χ1v) is 5.42. The van der Waals surface area contributed by atoms with Crippen molar-refractivity contribution in [2.75, 3.05) is 18.9 Å². The Bertz CT molecular complexity index is 515. The van der Waals surface area contributed by atoms with Gasteiger partial charge in [-0.05, 0) is 6.07 Å². The van der Waals surface area contributed by atoms with Gasteiger partial charge in [0, 0.05) is 37.8 Å². The van der Waals surface area contributed by atoms with E-state index in [1.807, 2.05) is 0 Å². The van der Waals surface area contributed by atoms with Gasteiger partial charge >= 0.3 is 5.97 Å². The Hall–Kier alpha value is -2.64. The lowest BCUT2D eigenvalue weighted by Crippen LogP contribution is -2.21. The fourth-order valence-corrected chi connectivity index (χ4v) is 1.41. The first kappa shape index (κ1) is 14.4. The predicted octanol–water partition coefficient (Wildman–Crippen LogP) is 0.841. The molecule has 19 heavy (non-hydrogen) atoms. The summed E-state index contributed by atoms with van der Waals surface area (Å²) < 4.78 is 0. The third-order valence-electron chi connectivity index (χ3n) is 2.39. The maximum absolute atomic E-state index is 11.0. The van der Waals surface area contributed by atoms with Crippen molar-refractivity contribution in [2.45, 2.75) is 6.42 Å². The highest BCUT2D eigenvalue weighted by Gasteiger charge is 2.15. The standard InChI is InChI=1S/C11H13N3O5/c1-12-10(15)4-5-13-9-3-2-7(14(18)19)6-8(9)11(16)17/h2-3,6,13H,4-5H2,1H3,(H,12,15)(H,16,17). The summed E-state index contributed by atoms with van der Waals surface area (Å²) in [6.07, 6.45) is 0.173. The largest absolute Gasteiger partial charge is 0.478 e. The van der Waals surface area contributed by atoms with Crippen LogP contribution in [0.2, 0.25) is 0 Å². The van der Waals surface area contributed by atoms with Gasteiger partial charge in [0.1, 0.15) is 0 Å². The number of hydrogen-bond donors (Lipinski definition) is 3. The summed E-state index contributed by atoms with van der Waals surface area (Å²) in [5.41, 5.74) is -0.262. The molecule has 0 unspecified atom stereocenters. The van der Waals surface area contributed by atoms with Gasteiger partial charge < -0.3 is 15.7 Å². The van der Waals surface area contributed by atoms with E-state index in [1.165, 1.54) is 19.2 Å². The molecule has 0 radical (unpaired) electrons. The molecule has 1 aromatic rings. The number of benzene rings is 1. The number of nitro groups is 1. The number of rotatable bonds is 6. The van der Waals surface area contributed by atoms with Gasteiger partial charge in [-0.3, -0.25) is 14.9 Å². The number of hydrogen-bond acceptors (Lipinski definition) is 5. The number of carboxylic acid groups (broad SMARTS) is 1. The van der Waals surface area contributed by atoms with Gasteiger partial charge in [-0.25, -0.2) is 4.79 Å². The Morgan fingerprint density at radius 2 is 2.11 bits per heavy atom. The van der Waals surface area contributed by atoms with Crippen LogP contribution >= 0.6 is 0 Å². The highest BCUT2D eigenvalue weighted by molar-refractivity contribution is 5.95. The van der Waals surface area contributed by atoms with Crippen LogP contribution in [-0.4, -0.2) is 35.5 Å². The molecular weight excluding hydrogens is 254 g/mol. The zero-order valence-electron chi connectivity index (χ0n) is 10.2. The van der Waals surface area contributed by atoms with Gasteiger partial charge in [0.2, 0.25) is 5.91 Å². The molecule has 0 aromatic heterocycles. The van der Waals surface area contributed by atoms with E-state index in [1.54, 1.807) is 0 Å². The van der Waals surface area contributed by atoms with Gasteiger partial charge in [0.25, 0.3) is 5.69 Å². The second-order valence-corrected chi connectivity index (χ2v) is 3.64. The number of nitrogens with one attached hydrogen (secondary N) is 2. The number of carbonyl (C=O) groups excluding carboxylic acids is 1. The van der Waals surface area contributed by atoms with E-state index in [2.05, 4.69) is 10.6 Å². The van der Waals surface area contributed by atoms with Crippen molar-refractivity contribution in [3.8, 4) is 0 Å². The van der Waals surface area contributed by atoms with Gasteiger partial charge in [-0.1, -0.05) is 0 Å². The topological polar surface area (TPSA) is 122 Å². The third kappa shape index (κ3) is 3.95. The molecule has 0 saturated heterocycles. The average Bonchev–Trinajstić information content (AvgIpc) is 2.38. The van der Waals surface area contributed by atoms with Crippen LogP contribution in [0.15, 0.2) is 18.2 Å². The van der Waals surface area contributed by atoms with E-state index in [0.717, 1.165) is 6.07 Å². The quantitative estimate of drug-likeness (QED) is 0.518. The molecule has 0 aliphatic heterocycles. The SMILES string of the molecule is CNC(=O)CCNc1ccc([N+](=O)[O-])cc1C(=O)O. The summed E-state index contributed by atoms with van der Waals surface area (Å²) in [5, 5.41) is 24.7. The van der Waals surface area contributed by atoms with Crippen molar-refractivity contribution < 1.29 is 19.6 Å². The van der Waals surface area contributed by atoms with E-state index in [0.29, 0.717) is 0 Å². The van der Waals surface area contributed by atoms with Crippen LogP contribution in [0, 0.1) is 10.1 Å².